The number of carbonyl (C=O) groups excluding carboxylic acids is 1. The second-order valence-corrected chi connectivity index (χ2v) is 2.87. The fourth-order valence-corrected chi connectivity index (χ4v) is 0.933. The largest absolute Gasteiger partial charge is 0.394 e. The van der Waals surface area contributed by atoms with Gasteiger partial charge in [-0.15, -0.1) is 6.58 Å². The van der Waals surface area contributed by atoms with E-state index in [-0.39, 0.29) is 6.29 Å². The molecule has 0 aromatic rings. The third kappa shape index (κ3) is 2.37. The molecule has 0 spiro atoms. The summed E-state index contributed by atoms with van der Waals surface area (Å²) in [5, 5.41) is 45.4. The summed E-state index contributed by atoms with van der Waals surface area (Å²) >= 11 is 0. The Hall–Kier alpha value is -0.790. The highest BCUT2D eigenvalue weighted by Crippen LogP contribution is 2.19. The molecule has 6 nitrogen and oxygen atoms in total. The Morgan fingerprint density at radius 3 is 2.14 bits per heavy atom. The lowest BCUT2D eigenvalue weighted by atomic mass is 9.88. The van der Waals surface area contributed by atoms with Gasteiger partial charge >= 0.3 is 0 Å². The second-order valence-electron chi connectivity index (χ2n) is 2.87. The molecule has 0 saturated heterocycles. The zero-order valence-electron chi connectivity index (χ0n) is 7.45. The van der Waals surface area contributed by atoms with Gasteiger partial charge in [-0.3, -0.25) is 0 Å². The predicted molar refractivity (Wildman–Crippen MR) is 46.3 cm³/mol. The molecular formula is C8H14O6. The van der Waals surface area contributed by atoms with Crippen LogP contribution in [-0.2, 0) is 4.79 Å². The van der Waals surface area contributed by atoms with Crippen molar-refractivity contribution in [2.45, 2.75) is 23.9 Å². The normalized spacial score (nSPS) is 21.8. The van der Waals surface area contributed by atoms with Gasteiger partial charge in [0.05, 0.1) is 6.61 Å². The molecule has 6 heteroatoms. The first-order valence-corrected chi connectivity index (χ1v) is 3.90. The van der Waals surface area contributed by atoms with E-state index in [0.29, 0.717) is 0 Å². The summed E-state index contributed by atoms with van der Waals surface area (Å²) in [5.41, 5.74) is -2.37. The number of carbonyl (C=O) groups is 1. The maximum Gasteiger partial charge on any atom is 0.151 e. The molecule has 0 aromatic carbocycles. The number of aldehydes is 1. The van der Waals surface area contributed by atoms with Crippen molar-refractivity contribution in [2.75, 3.05) is 6.61 Å². The van der Waals surface area contributed by atoms with Gasteiger partial charge in [0.2, 0.25) is 0 Å². The summed E-state index contributed by atoms with van der Waals surface area (Å²) in [7, 11) is 0. The van der Waals surface area contributed by atoms with Crippen molar-refractivity contribution in [3.8, 4) is 0 Å². The van der Waals surface area contributed by atoms with Gasteiger partial charge in [0.25, 0.3) is 0 Å². The molecule has 0 fully saturated rings. The van der Waals surface area contributed by atoms with Gasteiger partial charge in [0.15, 0.2) is 6.29 Å². The molecule has 0 aliphatic rings. The fraction of sp³-hybridized carbons (Fsp3) is 0.625. The highest BCUT2D eigenvalue weighted by atomic mass is 16.4. The summed E-state index contributed by atoms with van der Waals surface area (Å²) < 4.78 is 0. The molecule has 82 valence electrons. The predicted octanol–water partition coefficient (Wildman–Crippen LogP) is -2.82. The molecule has 0 heterocycles. The van der Waals surface area contributed by atoms with E-state index in [1.165, 1.54) is 0 Å². The van der Waals surface area contributed by atoms with E-state index < -0.39 is 30.5 Å². The molecule has 0 radical (unpaired) electrons. The monoisotopic (exact) mass is 206 g/mol. The first-order valence-electron chi connectivity index (χ1n) is 3.90. The minimum Gasteiger partial charge on any atom is -0.394 e. The average molecular weight is 206 g/mol. The van der Waals surface area contributed by atoms with Crippen molar-refractivity contribution < 1.29 is 30.3 Å². The number of rotatable bonds is 6. The van der Waals surface area contributed by atoms with Crippen LogP contribution in [0, 0.1) is 0 Å². The third-order valence-electron chi connectivity index (χ3n) is 1.95. The molecular weight excluding hydrogens is 192 g/mol. The fourth-order valence-electron chi connectivity index (χ4n) is 0.933. The van der Waals surface area contributed by atoms with E-state index in [1.54, 1.807) is 0 Å². The van der Waals surface area contributed by atoms with Crippen LogP contribution in [0.25, 0.3) is 0 Å². The van der Waals surface area contributed by atoms with Crippen molar-refractivity contribution >= 4 is 6.29 Å². The van der Waals surface area contributed by atoms with Crippen LogP contribution in [0.5, 0.6) is 0 Å². The van der Waals surface area contributed by atoms with Gasteiger partial charge < -0.3 is 30.3 Å². The Morgan fingerprint density at radius 1 is 1.36 bits per heavy atom. The minimum absolute atomic E-state index is 0.00497. The van der Waals surface area contributed by atoms with Gasteiger partial charge in [-0.05, 0) is 0 Å². The van der Waals surface area contributed by atoms with E-state index in [4.69, 9.17) is 15.3 Å². The van der Waals surface area contributed by atoms with Crippen molar-refractivity contribution in [3.63, 3.8) is 0 Å². The van der Waals surface area contributed by atoms with Crippen LogP contribution in [0.4, 0.5) is 0 Å². The molecule has 0 unspecified atom stereocenters. The molecule has 0 amide bonds. The van der Waals surface area contributed by atoms with E-state index in [0.717, 1.165) is 6.08 Å². The van der Waals surface area contributed by atoms with Crippen LogP contribution in [-0.4, -0.2) is 62.3 Å². The molecule has 0 aromatic heterocycles. The van der Waals surface area contributed by atoms with Gasteiger partial charge in [0.1, 0.15) is 23.9 Å². The lowest BCUT2D eigenvalue weighted by molar-refractivity contribution is -0.161. The molecule has 14 heavy (non-hydrogen) atoms. The van der Waals surface area contributed by atoms with Crippen LogP contribution in [0.3, 0.4) is 0 Å². The number of aliphatic hydroxyl groups excluding tert-OH is 4. The van der Waals surface area contributed by atoms with Crippen LogP contribution < -0.4 is 0 Å². The lowest BCUT2D eigenvalue weighted by Crippen LogP contribution is -2.56. The van der Waals surface area contributed by atoms with Crippen molar-refractivity contribution in [1.29, 1.82) is 0 Å². The van der Waals surface area contributed by atoms with Gasteiger partial charge in [-0.2, -0.15) is 0 Å². The highest BCUT2D eigenvalue weighted by molar-refractivity contribution is 5.59. The van der Waals surface area contributed by atoms with Crippen LogP contribution >= 0.6 is 0 Å². The van der Waals surface area contributed by atoms with Crippen molar-refractivity contribution in [2.24, 2.45) is 0 Å². The minimum atomic E-state index is -2.37. The Kier molecular flexibility index (Phi) is 4.89. The first kappa shape index (κ1) is 13.2. The summed E-state index contributed by atoms with van der Waals surface area (Å²) in [6.45, 7) is 2.30. The van der Waals surface area contributed by atoms with E-state index in [1.807, 2.05) is 0 Å². The van der Waals surface area contributed by atoms with E-state index in [2.05, 4.69) is 6.58 Å². The van der Waals surface area contributed by atoms with Crippen molar-refractivity contribution in [1.82, 2.24) is 0 Å². The number of aliphatic hydroxyl groups is 5. The summed E-state index contributed by atoms with van der Waals surface area (Å²) in [6.07, 6.45) is -4.76. The highest BCUT2D eigenvalue weighted by Gasteiger charge is 2.43. The Balaban J connectivity index is 4.83. The molecule has 0 aliphatic heterocycles. The van der Waals surface area contributed by atoms with Gasteiger partial charge in [0, 0.05) is 0 Å². The quantitative estimate of drug-likeness (QED) is 0.236. The summed E-state index contributed by atoms with van der Waals surface area (Å²) in [6, 6.07) is 0. The van der Waals surface area contributed by atoms with Crippen molar-refractivity contribution in [3.05, 3.63) is 12.7 Å². The average Bonchev–Trinajstić information content (AvgIpc) is 2.24. The smallest absolute Gasteiger partial charge is 0.151 e. The van der Waals surface area contributed by atoms with Crippen LogP contribution in [0.2, 0.25) is 0 Å². The zero-order chi connectivity index (χ0) is 11.4. The van der Waals surface area contributed by atoms with Gasteiger partial charge in [-0.1, -0.05) is 6.08 Å². The lowest BCUT2D eigenvalue weighted by Gasteiger charge is -2.33. The summed E-state index contributed by atoms with van der Waals surface area (Å²) in [5.74, 6) is 0. The molecule has 5 N–H and O–H groups in total. The Morgan fingerprint density at radius 2 is 1.86 bits per heavy atom. The maximum absolute atomic E-state index is 10.2. The van der Waals surface area contributed by atoms with Gasteiger partial charge in [-0.25, -0.2) is 0 Å². The topological polar surface area (TPSA) is 118 Å². The first-order chi connectivity index (χ1) is 6.43. The van der Waals surface area contributed by atoms with Crippen LogP contribution in [0.15, 0.2) is 12.7 Å². The SMILES string of the molecule is C=C[C@](O)([C@H](O)[C@H](O)CO)[C@@H](O)C=O. The number of hydrogen-bond acceptors (Lipinski definition) is 6. The maximum atomic E-state index is 10.2. The standard InChI is InChI=1S/C8H14O6/c1-2-8(14,6(12)4-10)7(13)5(11)3-9/h2,4-7,9,11-14H,1,3H2/t5-,6+,7-,8-/m1/s1. The summed E-state index contributed by atoms with van der Waals surface area (Å²) in [4.78, 5) is 10.2. The Bertz CT molecular complexity index is 206. The molecule has 0 rings (SSSR count). The van der Waals surface area contributed by atoms with E-state index >= 15 is 0 Å². The molecule has 4 atom stereocenters. The molecule has 0 saturated carbocycles. The molecule has 0 aliphatic carbocycles. The zero-order valence-corrected chi connectivity index (χ0v) is 7.45. The van der Waals surface area contributed by atoms with E-state index in [9.17, 15) is 15.0 Å². The van der Waals surface area contributed by atoms with Crippen LogP contribution in [0.1, 0.15) is 0 Å². The second kappa shape index (κ2) is 5.18. The Labute approximate surface area is 80.7 Å². The third-order valence-corrected chi connectivity index (χ3v) is 1.95. The number of hydrogen-bond donors (Lipinski definition) is 5. The molecule has 0 bridgehead atoms.